The maximum Gasteiger partial charge on any atom is 0.126 e. The third-order valence-electron chi connectivity index (χ3n) is 3.06. The van der Waals surface area contributed by atoms with E-state index in [1.165, 1.54) is 5.56 Å². The van der Waals surface area contributed by atoms with Gasteiger partial charge in [0, 0.05) is 22.5 Å². The molecular formula is C12H15BrN2O. The van der Waals surface area contributed by atoms with E-state index in [2.05, 4.69) is 38.9 Å². The highest BCUT2D eigenvalue weighted by molar-refractivity contribution is 9.10. The summed E-state index contributed by atoms with van der Waals surface area (Å²) in [7, 11) is 0. The minimum absolute atomic E-state index is 0.0450. The topological polar surface area (TPSA) is 41.1 Å². The van der Waals surface area contributed by atoms with Crippen LogP contribution in [0.4, 0.5) is 0 Å². The van der Waals surface area contributed by atoms with Gasteiger partial charge in [0.2, 0.25) is 0 Å². The van der Waals surface area contributed by atoms with Crippen molar-refractivity contribution in [1.82, 2.24) is 10.9 Å². The molecule has 1 aromatic carbocycles. The van der Waals surface area contributed by atoms with Crippen LogP contribution in [0.5, 0.6) is 0 Å². The first-order valence-electron chi connectivity index (χ1n) is 5.41. The molecule has 3 unspecified atom stereocenters. The SMILES string of the molecule is CC1NNC(Cc2ccc(Br)cc2)C1C=O. The van der Waals surface area contributed by atoms with E-state index in [1.807, 2.05) is 19.1 Å². The molecule has 1 saturated heterocycles. The van der Waals surface area contributed by atoms with Gasteiger partial charge in [-0.05, 0) is 31.0 Å². The number of aldehydes is 1. The maximum absolute atomic E-state index is 11.0. The summed E-state index contributed by atoms with van der Waals surface area (Å²) in [4.78, 5) is 11.0. The van der Waals surface area contributed by atoms with Crippen LogP contribution in [0.25, 0.3) is 0 Å². The fourth-order valence-electron chi connectivity index (χ4n) is 2.05. The molecule has 0 spiro atoms. The molecule has 3 nitrogen and oxygen atoms in total. The highest BCUT2D eigenvalue weighted by Crippen LogP contribution is 2.18. The zero-order chi connectivity index (χ0) is 11.5. The van der Waals surface area contributed by atoms with Gasteiger partial charge in [-0.25, -0.2) is 0 Å². The highest BCUT2D eigenvalue weighted by atomic mass is 79.9. The third kappa shape index (κ3) is 2.51. The van der Waals surface area contributed by atoms with Crippen molar-refractivity contribution >= 4 is 22.2 Å². The molecule has 0 amide bonds. The number of carbonyl (C=O) groups is 1. The fourth-order valence-corrected chi connectivity index (χ4v) is 2.32. The minimum atomic E-state index is 0.0450. The summed E-state index contributed by atoms with van der Waals surface area (Å²) in [5.74, 6) is 0.0450. The number of hydrazine groups is 1. The summed E-state index contributed by atoms with van der Waals surface area (Å²) in [6, 6.07) is 8.60. The second kappa shape index (κ2) is 5.08. The van der Waals surface area contributed by atoms with E-state index in [4.69, 9.17) is 0 Å². The molecule has 3 atom stereocenters. The van der Waals surface area contributed by atoms with Crippen LogP contribution in [0, 0.1) is 5.92 Å². The van der Waals surface area contributed by atoms with Crippen LogP contribution in [-0.2, 0) is 11.2 Å². The molecule has 16 heavy (non-hydrogen) atoms. The Morgan fingerprint density at radius 3 is 2.62 bits per heavy atom. The largest absolute Gasteiger partial charge is 0.303 e. The molecule has 1 aliphatic rings. The average molecular weight is 283 g/mol. The van der Waals surface area contributed by atoms with E-state index < -0.39 is 0 Å². The first-order valence-corrected chi connectivity index (χ1v) is 6.21. The molecule has 2 rings (SSSR count). The Labute approximate surface area is 104 Å². The van der Waals surface area contributed by atoms with Gasteiger partial charge in [-0.15, -0.1) is 0 Å². The van der Waals surface area contributed by atoms with Crippen LogP contribution in [0.15, 0.2) is 28.7 Å². The van der Waals surface area contributed by atoms with Crippen LogP contribution in [-0.4, -0.2) is 18.4 Å². The Bertz CT molecular complexity index is 366. The molecule has 0 bridgehead atoms. The van der Waals surface area contributed by atoms with Gasteiger partial charge in [0.1, 0.15) is 6.29 Å². The van der Waals surface area contributed by atoms with E-state index in [1.54, 1.807) is 0 Å². The molecule has 1 fully saturated rings. The number of carbonyl (C=O) groups excluding carboxylic acids is 1. The molecule has 0 saturated carbocycles. The van der Waals surface area contributed by atoms with Gasteiger partial charge in [0.05, 0.1) is 0 Å². The Morgan fingerprint density at radius 1 is 1.31 bits per heavy atom. The number of halogens is 1. The third-order valence-corrected chi connectivity index (χ3v) is 3.59. The summed E-state index contributed by atoms with van der Waals surface area (Å²) in [6.07, 6.45) is 1.91. The van der Waals surface area contributed by atoms with Crippen molar-refractivity contribution < 1.29 is 4.79 Å². The van der Waals surface area contributed by atoms with Crippen LogP contribution in [0.1, 0.15) is 12.5 Å². The van der Waals surface area contributed by atoms with Crippen molar-refractivity contribution in [1.29, 1.82) is 0 Å². The first-order chi connectivity index (χ1) is 7.70. The number of hydrogen-bond acceptors (Lipinski definition) is 3. The lowest BCUT2D eigenvalue weighted by Crippen LogP contribution is -2.34. The van der Waals surface area contributed by atoms with E-state index in [9.17, 15) is 4.79 Å². The number of nitrogens with one attached hydrogen (secondary N) is 2. The summed E-state index contributed by atoms with van der Waals surface area (Å²) in [6.45, 7) is 2.02. The molecule has 4 heteroatoms. The van der Waals surface area contributed by atoms with Crippen LogP contribution in [0.2, 0.25) is 0 Å². The average Bonchev–Trinajstić information content (AvgIpc) is 2.63. The van der Waals surface area contributed by atoms with Crippen LogP contribution < -0.4 is 10.9 Å². The molecular weight excluding hydrogens is 268 g/mol. The van der Waals surface area contributed by atoms with E-state index in [-0.39, 0.29) is 18.0 Å². The summed E-state index contributed by atoms with van der Waals surface area (Å²) in [5.41, 5.74) is 7.53. The Kier molecular flexibility index (Phi) is 3.74. The predicted octanol–water partition coefficient (Wildman–Crippen LogP) is 1.67. The second-order valence-corrected chi connectivity index (χ2v) is 5.14. The standard InChI is InChI=1S/C12H15BrN2O/c1-8-11(7-16)12(15-14-8)6-9-2-4-10(13)5-3-9/h2-5,7-8,11-12,14-15H,6H2,1H3. The number of rotatable bonds is 3. The Morgan fingerprint density at radius 2 is 2.00 bits per heavy atom. The van der Waals surface area contributed by atoms with Crippen molar-refractivity contribution in [2.45, 2.75) is 25.4 Å². The summed E-state index contributed by atoms with van der Waals surface area (Å²) in [5, 5.41) is 0. The quantitative estimate of drug-likeness (QED) is 0.829. The van der Waals surface area contributed by atoms with Crippen molar-refractivity contribution in [3.63, 3.8) is 0 Å². The maximum atomic E-state index is 11.0. The van der Waals surface area contributed by atoms with Gasteiger partial charge < -0.3 is 4.79 Å². The molecule has 0 aliphatic carbocycles. The van der Waals surface area contributed by atoms with Crippen molar-refractivity contribution in [3.05, 3.63) is 34.3 Å². The molecule has 0 radical (unpaired) electrons. The minimum Gasteiger partial charge on any atom is -0.303 e. The van der Waals surface area contributed by atoms with E-state index in [0.29, 0.717) is 0 Å². The Balaban J connectivity index is 2.04. The number of hydrogen-bond donors (Lipinski definition) is 2. The monoisotopic (exact) mass is 282 g/mol. The van der Waals surface area contributed by atoms with Crippen molar-refractivity contribution in [2.75, 3.05) is 0 Å². The lowest BCUT2D eigenvalue weighted by molar-refractivity contribution is -0.111. The van der Waals surface area contributed by atoms with Gasteiger partial charge in [-0.3, -0.25) is 10.9 Å². The fraction of sp³-hybridized carbons (Fsp3) is 0.417. The summed E-state index contributed by atoms with van der Waals surface area (Å²) >= 11 is 3.41. The van der Waals surface area contributed by atoms with Crippen molar-refractivity contribution in [3.8, 4) is 0 Å². The van der Waals surface area contributed by atoms with E-state index >= 15 is 0 Å². The van der Waals surface area contributed by atoms with Gasteiger partial charge in [0.15, 0.2) is 0 Å². The molecule has 1 aliphatic heterocycles. The van der Waals surface area contributed by atoms with Gasteiger partial charge >= 0.3 is 0 Å². The van der Waals surface area contributed by atoms with Gasteiger partial charge in [-0.1, -0.05) is 28.1 Å². The zero-order valence-corrected chi connectivity index (χ0v) is 10.7. The van der Waals surface area contributed by atoms with E-state index in [0.717, 1.165) is 17.2 Å². The zero-order valence-electron chi connectivity index (χ0n) is 9.11. The predicted molar refractivity (Wildman–Crippen MR) is 66.9 cm³/mol. The lowest BCUT2D eigenvalue weighted by atomic mass is 9.92. The van der Waals surface area contributed by atoms with Crippen LogP contribution in [0.3, 0.4) is 0 Å². The Hall–Kier alpha value is -0.710. The number of benzene rings is 1. The van der Waals surface area contributed by atoms with Crippen LogP contribution >= 0.6 is 15.9 Å². The first kappa shape index (κ1) is 11.8. The molecule has 0 aromatic heterocycles. The molecule has 86 valence electrons. The van der Waals surface area contributed by atoms with Gasteiger partial charge in [0.25, 0.3) is 0 Å². The molecule has 1 heterocycles. The summed E-state index contributed by atoms with van der Waals surface area (Å²) < 4.78 is 1.08. The highest BCUT2D eigenvalue weighted by Gasteiger charge is 2.32. The van der Waals surface area contributed by atoms with Crippen molar-refractivity contribution in [2.24, 2.45) is 5.92 Å². The smallest absolute Gasteiger partial charge is 0.126 e. The second-order valence-electron chi connectivity index (χ2n) is 4.23. The molecule has 2 N–H and O–H groups in total. The molecule has 1 aromatic rings. The normalized spacial score (nSPS) is 29.2. The lowest BCUT2D eigenvalue weighted by Gasteiger charge is -2.14. The van der Waals surface area contributed by atoms with Gasteiger partial charge in [-0.2, -0.15) is 0 Å².